The minimum absolute atomic E-state index is 0.212. The number of likely N-dealkylation sites (N-methyl/N-ethyl adjacent to an activating group) is 1. The fraction of sp³-hybridized carbons (Fsp3) is 0.200. The predicted octanol–water partition coefficient (Wildman–Crippen LogP) is 2.14. The molecule has 0 N–H and O–H groups in total. The number of anilines is 1. The number of amides is 1. The van der Waals surface area contributed by atoms with Gasteiger partial charge in [-0.25, -0.2) is 9.79 Å². The van der Waals surface area contributed by atoms with Gasteiger partial charge in [-0.15, -0.1) is 0 Å². The van der Waals surface area contributed by atoms with Gasteiger partial charge in [0.25, 0.3) is 11.5 Å². The number of hydrogen-bond donors (Lipinski definition) is 0. The molecule has 2 aliphatic rings. The van der Waals surface area contributed by atoms with Crippen LogP contribution in [-0.2, 0) is 14.3 Å². The standard InChI is InChI=1S/C25H21N3O4S/c1-4-32-24(31)18-14(2)26-25-28(20(18)15-10-6-5-7-11-15)23(30)21(33-25)19-16-12-8-9-13-17(16)27(3)22(19)29/h5-13,20H,4H2,1-3H3/b21-19-. The molecule has 8 heteroatoms. The van der Waals surface area contributed by atoms with Crippen LogP contribution in [0, 0.1) is 0 Å². The lowest BCUT2D eigenvalue weighted by atomic mass is 9.96. The molecule has 1 aromatic heterocycles. The van der Waals surface area contributed by atoms with E-state index >= 15 is 0 Å². The zero-order chi connectivity index (χ0) is 23.3. The molecule has 33 heavy (non-hydrogen) atoms. The van der Waals surface area contributed by atoms with E-state index < -0.39 is 12.0 Å². The maximum absolute atomic E-state index is 13.8. The molecule has 0 aliphatic carbocycles. The van der Waals surface area contributed by atoms with Gasteiger partial charge < -0.3 is 9.64 Å². The zero-order valence-electron chi connectivity index (χ0n) is 18.4. The third-order valence-electron chi connectivity index (χ3n) is 5.89. The highest BCUT2D eigenvalue weighted by atomic mass is 32.1. The van der Waals surface area contributed by atoms with E-state index in [1.807, 2.05) is 54.6 Å². The summed E-state index contributed by atoms with van der Waals surface area (Å²) in [6.07, 6.45) is 0. The molecule has 0 fully saturated rings. The van der Waals surface area contributed by atoms with Gasteiger partial charge in [0, 0.05) is 12.6 Å². The minimum Gasteiger partial charge on any atom is -0.463 e. The summed E-state index contributed by atoms with van der Waals surface area (Å²) < 4.78 is 7.13. The first kappa shape index (κ1) is 21.1. The van der Waals surface area contributed by atoms with E-state index in [1.165, 1.54) is 15.9 Å². The molecule has 7 nitrogen and oxygen atoms in total. The first-order valence-corrected chi connectivity index (χ1v) is 11.4. The van der Waals surface area contributed by atoms with E-state index in [4.69, 9.17) is 4.74 Å². The van der Waals surface area contributed by atoms with Crippen molar-refractivity contribution >= 4 is 34.5 Å². The van der Waals surface area contributed by atoms with Crippen molar-refractivity contribution in [2.75, 3.05) is 18.6 Å². The van der Waals surface area contributed by atoms with Crippen LogP contribution in [0.5, 0.6) is 0 Å². The Bertz CT molecular complexity index is 1510. The topological polar surface area (TPSA) is 81.0 Å². The Kier molecular flexibility index (Phi) is 5.09. The highest BCUT2D eigenvalue weighted by molar-refractivity contribution is 7.07. The predicted molar refractivity (Wildman–Crippen MR) is 126 cm³/mol. The summed E-state index contributed by atoms with van der Waals surface area (Å²) in [5.74, 6) is -0.744. The van der Waals surface area contributed by atoms with Crippen molar-refractivity contribution < 1.29 is 14.3 Å². The number of esters is 1. The number of carbonyl (C=O) groups is 2. The summed E-state index contributed by atoms with van der Waals surface area (Å²) in [7, 11) is 1.70. The Hall–Kier alpha value is -3.78. The molecule has 5 rings (SSSR count). The van der Waals surface area contributed by atoms with Crippen LogP contribution < -0.4 is 19.8 Å². The van der Waals surface area contributed by atoms with Crippen LogP contribution in [-0.4, -0.2) is 30.1 Å². The van der Waals surface area contributed by atoms with Crippen molar-refractivity contribution in [1.29, 1.82) is 0 Å². The van der Waals surface area contributed by atoms with Crippen molar-refractivity contribution in [2.24, 2.45) is 4.99 Å². The number of benzene rings is 2. The normalized spacial score (nSPS) is 18.7. The molecule has 3 aromatic rings. The summed E-state index contributed by atoms with van der Waals surface area (Å²) in [6, 6.07) is 16.0. The fourth-order valence-corrected chi connectivity index (χ4v) is 5.52. The SMILES string of the molecule is CCOC(=O)C1=C(C)N=c2s/c(=C3\C(=O)N(C)c4ccccc43)c(=O)n2C1c1ccccc1. The van der Waals surface area contributed by atoms with E-state index in [-0.39, 0.29) is 18.1 Å². The number of ether oxygens (including phenoxy) is 1. The molecule has 0 spiro atoms. The third kappa shape index (κ3) is 3.17. The van der Waals surface area contributed by atoms with Gasteiger partial charge in [-0.3, -0.25) is 14.2 Å². The molecule has 1 unspecified atom stereocenters. The highest BCUT2D eigenvalue weighted by Crippen LogP contribution is 2.34. The molecule has 0 bridgehead atoms. The van der Waals surface area contributed by atoms with E-state index in [0.29, 0.717) is 31.7 Å². The molecule has 3 heterocycles. The summed E-state index contributed by atoms with van der Waals surface area (Å²) in [4.78, 5) is 46.5. The third-order valence-corrected chi connectivity index (χ3v) is 6.94. The van der Waals surface area contributed by atoms with Crippen LogP contribution in [0.1, 0.15) is 31.0 Å². The van der Waals surface area contributed by atoms with E-state index in [9.17, 15) is 14.4 Å². The molecule has 1 amide bonds. The summed E-state index contributed by atoms with van der Waals surface area (Å²) in [6.45, 7) is 3.69. The largest absolute Gasteiger partial charge is 0.463 e. The number of para-hydroxylation sites is 1. The van der Waals surface area contributed by atoms with E-state index in [2.05, 4.69) is 4.99 Å². The first-order valence-electron chi connectivity index (χ1n) is 10.6. The lowest BCUT2D eigenvalue weighted by molar-refractivity contribution is -0.139. The van der Waals surface area contributed by atoms with Gasteiger partial charge in [-0.2, -0.15) is 0 Å². The zero-order valence-corrected chi connectivity index (χ0v) is 19.2. The lowest BCUT2D eigenvalue weighted by Crippen LogP contribution is -2.40. The second kappa shape index (κ2) is 7.97. The summed E-state index contributed by atoms with van der Waals surface area (Å²) in [5.41, 5.74) is 3.07. The number of allylic oxidation sites excluding steroid dienone is 1. The number of thiazole rings is 1. The first-order chi connectivity index (χ1) is 15.9. The van der Waals surface area contributed by atoms with Crippen LogP contribution in [0.4, 0.5) is 5.69 Å². The van der Waals surface area contributed by atoms with Crippen LogP contribution in [0.25, 0.3) is 5.57 Å². The number of rotatable bonds is 3. The van der Waals surface area contributed by atoms with Gasteiger partial charge in [0.05, 0.1) is 35.2 Å². The summed E-state index contributed by atoms with van der Waals surface area (Å²) in [5, 5.41) is 0. The van der Waals surface area contributed by atoms with Gasteiger partial charge in [0.1, 0.15) is 4.53 Å². The Balaban J connectivity index is 1.84. The van der Waals surface area contributed by atoms with Crippen molar-refractivity contribution in [3.8, 4) is 0 Å². The average molecular weight is 460 g/mol. The molecule has 0 radical (unpaired) electrons. The molecule has 2 aromatic carbocycles. The number of carbonyl (C=O) groups excluding carboxylic acids is 2. The van der Waals surface area contributed by atoms with Crippen molar-refractivity contribution in [1.82, 2.24) is 4.57 Å². The number of fused-ring (bicyclic) bond motifs is 2. The van der Waals surface area contributed by atoms with Crippen LogP contribution >= 0.6 is 11.3 Å². The van der Waals surface area contributed by atoms with Crippen molar-refractivity contribution in [3.05, 3.63) is 96.7 Å². The second-order valence-electron chi connectivity index (χ2n) is 7.79. The fourth-order valence-electron chi connectivity index (χ4n) is 4.38. The lowest BCUT2D eigenvalue weighted by Gasteiger charge is -2.24. The molecule has 0 saturated heterocycles. The minimum atomic E-state index is -0.694. The van der Waals surface area contributed by atoms with Crippen molar-refractivity contribution in [2.45, 2.75) is 19.9 Å². The van der Waals surface area contributed by atoms with Crippen LogP contribution in [0.3, 0.4) is 0 Å². The van der Waals surface area contributed by atoms with Gasteiger partial charge in [0.2, 0.25) is 0 Å². The Morgan fingerprint density at radius 2 is 1.79 bits per heavy atom. The smallest absolute Gasteiger partial charge is 0.338 e. The number of aromatic nitrogens is 1. The Morgan fingerprint density at radius 3 is 2.52 bits per heavy atom. The molecule has 2 aliphatic heterocycles. The van der Waals surface area contributed by atoms with Crippen molar-refractivity contribution in [3.63, 3.8) is 0 Å². The molecule has 1 atom stereocenters. The second-order valence-corrected chi connectivity index (χ2v) is 8.77. The maximum atomic E-state index is 13.8. The van der Waals surface area contributed by atoms with E-state index in [0.717, 1.165) is 11.3 Å². The molecular weight excluding hydrogens is 438 g/mol. The quantitative estimate of drug-likeness (QED) is 0.562. The summed E-state index contributed by atoms with van der Waals surface area (Å²) >= 11 is 1.17. The van der Waals surface area contributed by atoms with Crippen LogP contribution in [0.2, 0.25) is 0 Å². The molecule has 0 saturated carbocycles. The monoisotopic (exact) mass is 459 g/mol. The maximum Gasteiger partial charge on any atom is 0.338 e. The average Bonchev–Trinajstić information content (AvgIpc) is 3.26. The molecular formula is C25H21N3O4S. The van der Waals surface area contributed by atoms with Crippen LogP contribution in [0.15, 0.2) is 75.7 Å². The Morgan fingerprint density at radius 1 is 1.09 bits per heavy atom. The Labute approximate surface area is 193 Å². The van der Waals surface area contributed by atoms with Gasteiger partial charge in [-0.1, -0.05) is 59.9 Å². The van der Waals surface area contributed by atoms with Gasteiger partial charge >= 0.3 is 5.97 Å². The van der Waals surface area contributed by atoms with E-state index in [1.54, 1.807) is 25.8 Å². The number of hydrogen-bond acceptors (Lipinski definition) is 6. The van der Waals surface area contributed by atoms with Gasteiger partial charge in [-0.05, 0) is 25.5 Å². The molecule has 166 valence electrons. The number of nitrogens with zero attached hydrogens (tertiary/aromatic N) is 3. The highest BCUT2D eigenvalue weighted by Gasteiger charge is 2.36. The van der Waals surface area contributed by atoms with Gasteiger partial charge in [0.15, 0.2) is 4.80 Å².